The summed E-state index contributed by atoms with van der Waals surface area (Å²) >= 11 is 0. The lowest BCUT2D eigenvalue weighted by Gasteiger charge is -2.13. The molecule has 0 spiro atoms. The summed E-state index contributed by atoms with van der Waals surface area (Å²) in [6.07, 6.45) is 5.27. The van der Waals surface area contributed by atoms with Gasteiger partial charge in [0.15, 0.2) is 5.96 Å². The topological polar surface area (TPSA) is 67.8 Å². The van der Waals surface area contributed by atoms with E-state index >= 15 is 0 Å². The molecule has 1 aliphatic rings. The molecule has 2 N–H and O–H groups in total. The average molecular weight is 510 g/mol. The molecule has 1 heterocycles. The molecule has 7 heteroatoms. The summed E-state index contributed by atoms with van der Waals surface area (Å²) in [5.74, 6) is 3.14. The summed E-state index contributed by atoms with van der Waals surface area (Å²) in [5, 5.41) is 6.66. The largest absolute Gasteiger partial charge is 0.496 e. The lowest BCUT2D eigenvalue weighted by molar-refractivity contribution is 0.288. The molecule has 29 heavy (non-hydrogen) atoms. The van der Waals surface area contributed by atoms with E-state index in [2.05, 4.69) is 33.6 Å². The first-order valence-electron chi connectivity index (χ1n) is 10.00. The summed E-state index contributed by atoms with van der Waals surface area (Å²) in [5.41, 5.74) is 2.24. The third kappa shape index (κ3) is 8.08. The number of guanidine groups is 1. The Bertz CT molecular complexity index is 764. The maximum absolute atomic E-state index is 5.68. The zero-order valence-electron chi connectivity index (χ0n) is 17.2. The van der Waals surface area contributed by atoms with Crippen LogP contribution in [-0.2, 0) is 13.0 Å². The van der Waals surface area contributed by atoms with Crippen LogP contribution in [0.2, 0.25) is 0 Å². The highest BCUT2D eigenvalue weighted by Gasteiger charge is 2.22. The molecule has 1 fully saturated rings. The van der Waals surface area contributed by atoms with Crippen molar-refractivity contribution in [3.63, 3.8) is 0 Å². The fourth-order valence-electron chi connectivity index (χ4n) is 2.81. The third-order valence-corrected chi connectivity index (χ3v) is 4.60. The minimum atomic E-state index is 0. The van der Waals surface area contributed by atoms with Gasteiger partial charge in [0.2, 0.25) is 5.88 Å². The van der Waals surface area contributed by atoms with Crippen LogP contribution in [0, 0.1) is 5.92 Å². The van der Waals surface area contributed by atoms with Crippen LogP contribution >= 0.6 is 24.0 Å². The van der Waals surface area contributed by atoms with Gasteiger partial charge in [0.1, 0.15) is 5.75 Å². The number of hydrogen-bond acceptors (Lipinski definition) is 4. The standard InChI is InChI=1S/C22H30N4O2.HI/c1-3-23-22(24-13-12-19-6-4-5-7-20(19)27-2)26-15-18-10-11-21(25-14-18)28-16-17-8-9-17;/h4-7,10-11,14,17H,3,8-9,12-13,15-16H2,1-2H3,(H2,23,24,26);1H. The SMILES string of the molecule is CCNC(=NCc1ccc(OCC2CC2)nc1)NCCc1ccccc1OC.I. The highest BCUT2D eigenvalue weighted by atomic mass is 127. The van der Waals surface area contributed by atoms with Crippen LogP contribution in [0.15, 0.2) is 47.6 Å². The summed E-state index contributed by atoms with van der Waals surface area (Å²) in [6, 6.07) is 12.0. The van der Waals surface area contributed by atoms with Gasteiger partial charge in [-0.3, -0.25) is 0 Å². The number of nitrogens with zero attached hydrogens (tertiary/aromatic N) is 2. The Morgan fingerprint density at radius 3 is 2.69 bits per heavy atom. The van der Waals surface area contributed by atoms with Gasteiger partial charge in [-0.1, -0.05) is 24.3 Å². The fraction of sp³-hybridized carbons (Fsp3) is 0.455. The number of rotatable bonds is 10. The van der Waals surface area contributed by atoms with Crippen molar-refractivity contribution in [2.24, 2.45) is 10.9 Å². The van der Waals surface area contributed by atoms with Crippen molar-refractivity contribution in [2.75, 3.05) is 26.8 Å². The van der Waals surface area contributed by atoms with E-state index in [9.17, 15) is 0 Å². The first kappa shape index (κ1) is 23.3. The molecule has 0 unspecified atom stereocenters. The number of hydrogen-bond donors (Lipinski definition) is 2. The molecule has 0 amide bonds. The number of pyridine rings is 1. The Morgan fingerprint density at radius 2 is 2.00 bits per heavy atom. The number of aliphatic imine (C=N–C) groups is 1. The van der Waals surface area contributed by atoms with E-state index in [4.69, 9.17) is 9.47 Å². The zero-order chi connectivity index (χ0) is 19.6. The number of ether oxygens (including phenoxy) is 2. The second kappa shape index (κ2) is 12.5. The molecule has 158 valence electrons. The molecule has 1 saturated carbocycles. The fourth-order valence-corrected chi connectivity index (χ4v) is 2.81. The van der Waals surface area contributed by atoms with Crippen LogP contribution < -0.4 is 20.1 Å². The number of methoxy groups -OCH3 is 1. The van der Waals surface area contributed by atoms with Gasteiger partial charge in [0.25, 0.3) is 0 Å². The Kier molecular flexibility index (Phi) is 10.0. The number of halogens is 1. The van der Waals surface area contributed by atoms with E-state index in [0.717, 1.165) is 49.3 Å². The highest BCUT2D eigenvalue weighted by Crippen LogP contribution is 2.29. The van der Waals surface area contributed by atoms with Crippen LogP contribution in [0.5, 0.6) is 11.6 Å². The molecule has 1 aliphatic carbocycles. The van der Waals surface area contributed by atoms with E-state index in [1.165, 1.54) is 18.4 Å². The molecule has 1 aromatic carbocycles. The predicted molar refractivity (Wildman–Crippen MR) is 127 cm³/mol. The summed E-state index contributed by atoms with van der Waals surface area (Å²) in [6.45, 7) is 5.00. The van der Waals surface area contributed by atoms with Crippen LogP contribution in [0.4, 0.5) is 0 Å². The van der Waals surface area contributed by atoms with Crippen molar-refractivity contribution in [1.82, 2.24) is 15.6 Å². The zero-order valence-corrected chi connectivity index (χ0v) is 19.5. The van der Waals surface area contributed by atoms with E-state index in [1.807, 2.05) is 36.5 Å². The van der Waals surface area contributed by atoms with Crippen LogP contribution in [0.3, 0.4) is 0 Å². The predicted octanol–water partition coefficient (Wildman–Crippen LogP) is 3.79. The molecule has 0 aliphatic heterocycles. The third-order valence-electron chi connectivity index (χ3n) is 4.60. The van der Waals surface area contributed by atoms with Crippen LogP contribution in [0.25, 0.3) is 0 Å². The number of aromatic nitrogens is 1. The van der Waals surface area contributed by atoms with Gasteiger partial charge in [-0.25, -0.2) is 9.98 Å². The van der Waals surface area contributed by atoms with E-state index in [0.29, 0.717) is 12.4 Å². The van der Waals surface area contributed by atoms with Gasteiger partial charge < -0.3 is 20.1 Å². The quantitative estimate of drug-likeness (QED) is 0.289. The lowest BCUT2D eigenvalue weighted by Crippen LogP contribution is -2.38. The summed E-state index contributed by atoms with van der Waals surface area (Å²) in [7, 11) is 1.70. The van der Waals surface area contributed by atoms with E-state index in [-0.39, 0.29) is 24.0 Å². The Balaban J connectivity index is 0.00000300. The Morgan fingerprint density at radius 1 is 1.17 bits per heavy atom. The van der Waals surface area contributed by atoms with Crippen molar-refractivity contribution in [3.05, 3.63) is 53.7 Å². The molecule has 0 bridgehead atoms. The van der Waals surface area contributed by atoms with Crippen LogP contribution in [-0.4, -0.2) is 37.7 Å². The van der Waals surface area contributed by atoms with Gasteiger partial charge >= 0.3 is 0 Å². The van der Waals surface area contributed by atoms with Crippen molar-refractivity contribution < 1.29 is 9.47 Å². The molecule has 0 saturated heterocycles. The Hall–Kier alpha value is -2.03. The minimum absolute atomic E-state index is 0. The van der Waals surface area contributed by atoms with Crippen LogP contribution in [0.1, 0.15) is 30.9 Å². The first-order chi connectivity index (χ1) is 13.8. The van der Waals surface area contributed by atoms with Crippen molar-refractivity contribution in [2.45, 2.75) is 32.7 Å². The summed E-state index contributed by atoms with van der Waals surface area (Å²) < 4.78 is 11.1. The molecule has 0 atom stereocenters. The van der Waals surface area contributed by atoms with Gasteiger partial charge in [-0.2, -0.15) is 0 Å². The Labute approximate surface area is 190 Å². The lowest BCUT2D eigenvalue weighted by atomic mass is 10.1. The summed E-state index contributed by atoms with van der Waals surface area (Å²) in [4.78, 5) is 9.03. The van der Waals surface area contributed by atoms with Gasteiger partial charge in [0, 0.05) is 25.4 Å². The average Bonchev–Trinajstić information content (AvgIpc) is 3.56. The van der Waals surface area contributed by atoms with Gasteiger partial charge in [-0.15, -0.1) is 24.0 Å². The smallest absolute Gasteiger partial charge is 0.213 e. The number of para-hydroxylation sites is 1. The number of benzene rings is 1. The van der Waals surface area contributed by atoms with Crippen molar-refractivity contribution >= 4 is 29.9 Å². The molecule has 1 aromatic heterocycles. The number of nitrogens with one attached hydrogen (secondary N) is 2. The maximum Gasteiger partial charge on any atom is 0.213 e. The van der Waals surface area contributed by atoms with E-state index < -0.39 is 0 Å². The van der Waals surface area contributed by atoms with E-state index in [1.54, 1.807) is 7.11 Å². The van der Waals surface area contributed by atoms with Crippen molar-refractivity contribution in [1.29, 1.82) is 0 Å². The first-order valence-corrected chi connectivity index (χ1v) is 10.00. The van der Waals surface area contributed by atoms with Gasteiger partial charge in [0.05, 0.1) is 20.3 Å². The van der Waals surface area contributed by atoms with Crippen molar-refractivity contribution in [3.8, 4) is 11.6 Å². The molecule has 6 nitrogen and oxygen atoms in total. The van der Waals surface area contributed by atoms with Gasteiger partial charge in [-0.05, 0) is 49.3 Å². The molecular formula is C22H31IN4O2. The highest BCUT2D eigenvalue weighted by molar-refractivity contribution is 14.0. The molecule has 0 radical (unpaired) electrons. The normalized spacial score (nSPS) is 13.4. The molecule has 2 aromatic rings. The second-order valence-electron chi connectivity index (χ2n) is 6.94. The monoisotopic (exact) mass is 510 g/mol. The molecule has 3 rings (SSSR count). The minimum Gasteiger partial charge on any atom is -0.496 e. The molecular weight excluding hydrogens is 479 g/mol. The second-order valence-corrected chi connectivity index (χ2v) is 6.94. The maximum atomic E-state index is 5.68.